The number of rotatable bonds is 44. The fourth-order valence-corrected chi connectivity index (χ4v) is 7.38. The molecule has 3 atom stereocenters. The summed E-state index contributed by atoms with van der Waals surface area (Å²) in [5, 5.41) is 23.7. The van der Waals surface area contributed by atoms with Crippen LogP contribution in [0.2, 0.25) is 0 Å². The Labute approximate surface area is 359 Å². The summed E-state index contributed by atoms with van der Waals surface area (Å²) in [6.07, 6.45) is 54.6. The third-order valence-electron chi connectivity index (χ3n) is 11.1. The van der Waals surface area contributed by atoms with Crippen molar-refractivity contribution in [1.29, 1.82) is 0 Å². The summed E-state index contributed by atoms with van der Waals surface area (Å²) in [5.41, 5.74) is 0. The molecule has 0 aliphatic heterocycles. The van der Waals surface area contributed by atoms with Crippen molar-refractivity contribution in [2.45, 2.75) is 264 Å². The molecule has 0 saturated heterocycles. The number of carbonyl (C=O) groups is 2. The van der Waals surface area contributed by atoms with E-state index in [1.807, 2.05) is 0 Å². The van der Waals surface area contributed by atoms with E-state index in [1.54, 1.807) is 0 Å². The highest BCUT2D eigenvalue weighted by atomic mass is 16.5. The number of carbonyl (C=O) groups excluding carboxylic acids is 2. The van der Waals surface area contributed by atoms with E-state index < -0.39 is 18.2 Å². The minimum atomic E-state index is -0.799. The first-order chi connectivity index (χ1) is 28.5. The lowest BCUT2D eigenvalue weighted by Gasteiger charge is -2.24. The van der Waals surface area contributed by atoms with Crippen LogP contribution in [0.15, 0.2) is 48.6 Å². The number of hydrogen-bond donors (Lipinski definition) is 3. The second-order valence-electron chi connectivity index (χ2n) is 16.8. The van der Waals surface area contributed by atoms with Crippen LogP contribution in [0, 0.1) is 0 Å². The lowest BCUT2D eigenvalue weighted by atomic mass is 10.0. The predicted octanol–water partition coefficient (Wildman–Crippen LogP) is 14.7. The Morgan fingerprint density at radius 3 is 1.45 bits per heavy atom. The molecule has 0 aromatic heterocycles. The molecule has 58 heavy (non-hydrogen) atoms. The molecule has 0 rings (SSSR count). The van der Waals surface area contributed by atoms with Crippen molar-refractivity contribution >= 4 is 11.9 Å². The highest BCUT2D eigenvalue weighted by Gasteiger charge is 2.24. The minimum Gasteiger partial charge on any atom is -0.462 e. The largest absolute Gasteiger partial charge is 0.462 e. The molecule has 6 heteroatoms. The molecule has 0 saturated carbocycles. The average molecular weight is 814 g/mol. The van der Waals surface area contributed by atoms with E-state index >= 15 is 0 Å². The van der Waals surface area contributed by atoms with Gasteiger partial charge in [-0.15, -0.1) is 0 Å². The Morgan fingerprint density at radius 1 is 0.517 bits per heavy atom. The number of nitrogens with one attached hydrogen (secondary N) is 1. The molecule has 0 aromatic rings. The van der Waals surface area contributed by atoms with Crippen LogP contribution in [0.4, 0.5) is 0 Å². The van der Waals surface area contributed by atoms with Crippen LogP contribution in [0.1, 0.15) is 245 Å². The molecule has 0 aliphatic carbocycles. The van der Waals surface area contributed by atoms with Gasteiger partial charge < -0.3 is 20.3 Å². The van der Waals surface area contributed by atoms with Gasteiger partial charge in [0.1, 0.15) is 6.10 Å². The van der Waals surface area contributed by atoms with Crippen LogP contribution < -0.4 is 5.32 Å². The molecule has 1 amide bonds. The first kappa shape index (κ1) is 55.8. The lowest BCUT2D eigenvalue weighted by molar-refractivity contribution is -0.151. The fourth-order valence-electron chi connectivity index (χ4n) is 7.38. The highest BCUT2D eigenvalue weighted by Crippen LogP contribution is 2.17. The predicted molar refractivity (Wildman–Crippen MR) is 250 cm³/mol. The van der Waals surface area contributed by atoms with Crippen LogP contribution >= 0.6 is 0 Å². The molecule has 6 nitrogen and oxygen atoms in total. The Balaban J connectivity index is 4.61. The van der Waals surface area contributed by atoms with Gasteiger partial charge in [0.15, 0.2) is 0 Å². The normalized spacial score (nSPS) is 13.7. The molecular formula is C52H95NO5. The van der Waals surface area contributed by atoms with Gasteiger partial charge in [0, 0.05) is 6.42 Å². The maximum Gasteiger partial charge on any atom is 0.306 e. The van der Waals surface area contributed by atoms with E-state index in [0.29, 0.717) is 19.3 Å². The summed E-state index contributed by atoms with van der Waals surface area (Å²) in [7, 11) is 0. The number of aliphatic hydroxyl groups excluding tert-OH is 2. The topological polar surface area (TPSA) is 95.9 Å². The first-order valence-corrected chi connectivity index (χ1v) is 24.9. The number of amides is 1. The van der Waals surface area contributed by atoms with Crippen molar-refractivity contribution in [3.8, 4) is 0 Å². The number of ether oxygens (including phenoxy) is 1. The van der Waals surface area contributed by atoms with Gasteiger partial charge >= 0.3 is 5.97 Å². The van der Waals surface area contributed by atoms with E-state index in [9.17, 15) is 19.8 Å². The van der Waals surface area contributed by atoms with E-state index in [1.165, 1.54) is 109 Å². The Morgan fingerprint density at radius 2 is 0.931 bits per heavy atom. The number of aliphatic hydroxyl groups is 2. The summed E-state index contributed by atoms with van der Waals surface area (Å²) in [4.78, 5) is 26.0. The third kappa shape index (κ3) is 40.6. The van der Waals surface area contributed by atoms with Crippen LogP contribution in [-0.4, -0.2) is 46.9 Å². The van der Waals surface area contributed by atoms with Crippen LogP contribution in [-0.2, 0) is 14.3 Å². The Hall–Kier alpha value is -2.18. The van der Waals surface area contributed by atoms with E-state index in [0.717, 1.165) is 89.9 Å². The Bertz CT molecular complexity index is 1000. The van der Waals surface area contributed by atoms with Gasteiger partial charge in [-0.2, -0.15) is 0 Å². The molecule has 0 spiro atoms. The molecule has 0 radical (unpaired) electrons. The van der Waals surface area contributed by atoms with Gasteiger partial charge in [-0.3, -0.25) is 9.59 Å². The maximum absolute atomic E-state index is 13.2. The molecule has 3 unspecified atom stereocenters. The minimum absolute atomic E-state index is 0.0460. The van der Waals surface area contributed by atoms with Crippen LogP contribution in [0.25, 0.3) is 0 Å². The van der Waals surface area contributed by atoms with Crippen LogP contribution in [0.5, 0.6) is 0 Å². The zero-order chi connectivity index (χ0) is 42.4. The third-order valence-corrected chi connectivity index (χ3v) is 11.1. The summed E-state index contributed by atoms with van der Waals surface area (Å²) in [6, 6.07) is -0.715. The number of allylic oxidation sites excluding steroid dienone is 8. The second-order valence-corrected chi connectivity index (χ2v) is 16.8. The van der Waals surface area contributed by atoms with Crippen molar-refractivity contribution in [3.63, 3.8) is 0 Å². The molecule has 338 valence electrons. The van der Waals surface area contributed by atoms with Gasteiger partial charge in [0.2, 0.25) is 5.91 Å². The van der Waals surface area contributed by atoms with Gasteiger partial charge in [-0.25, -0.2) is 0 Å². The van der Waals surface area contributed by atoms with Gasteiger partial charge in [0.05, 0.1) is 25.2 Å². The molecule has 0 aromatic carbocycles. The van der Waals surface area contributed by atoms with Crippen LogP contribution in [0.3, 0.4) is 0 Å². The van der Waals surface area contributed by atoms with Gasteiger partial charge in [-0.05, 0) is 83.5 Å². The zero-order valence-corrected chi connectivity index (χ0v) is 38.4. The van der Waals surface area contributed by atoms with Gasteiger partial charge in [-0.1, -0.05) is 198 Å². The number of hydrogen-bond acceptors (Lipinski definition) is 5. The molecule has 0 aliphatic rings. The molecule has 3 N–H and O–H groups in total. The summed E-state index contributed by atoms with van der Waals surface area (Å²) >= 11 is 0. The highest BCUT2D eigenvalue weighted by molar-refractivity contribution is 5.77. The molecule has 0 heterocycles. The molecule has 0 bridgehead atoms. The standard InChI is InChI=1S/C52H95NO5/c1-4-7-10-13-16-19-22-25-27-29-32-35-38-41-44-50(55)49(47-54)53-51(56)46-48(43-40-37-34-31-28-24-21-18-15-12-9-6-3)58-52(57)45-42-39-36-33-30-26-23-20-17-14-11-8-5-2/h9,12,18,21,26,28,30-31,48-50,54-55H,4-8,10-11,13-17,19-20,22-25,27,29,32-47H2,1-3H3,(H,53,56)/b12-9+,21-18+,30-26-,31-28+. The smallest absolute Gasteiger partial charge is 0.306 e. The number of esters is 1. The maximum atomic E-state index is 13.2. The summed E-state index contributed by atoms with van der Waals surface area (Å²) < 4.78 is 5.89. The van der Waals surface area contributed by atoms with Crippen molar-refractivity contribution in [2.24, 2.45) is 0 Å². The quantitative estimate of drug-likeness (QED) is 0.0323. The molecule has 0 fully saturated rings. The lowest BCUT2D eigenvalue weighted by Crippen LogP contribution is -2.46. The SMILES string of the molecule is CC/C=C/C/C=C/C/C=C/CCCCC(CC(=O)NC(CO)C(O)CCCCCCCCCCCCCCCC)OC(=O)CCCCC/C=C\CCCCCCCC. The fraction of sp³-hybridized carbons (Fsp3) is 0.808. The summed E-state index contributed by atoms with van der Waals surface area (Å²) in [5.74, 6) is -0.529. The van der Waals surface area contributed by atoms with Crippen molar-refractivity contribution in [3.05, 3.63) is 48.6 Å². The van der Waals surface area contributed by atoms with Gasteiger partial charge in [0.25, 0.3) is 0 Å². The molecular weight excluding hydrogens is 719 g/mol. The Kier molecular flexibility index (Phi) is 44.2. The first-order valence-electron chi connectivity index (χ1n) is 24.9. The average Bonchev–Trinajstić information content (AvgIpc) is 3.22. The summed E-state index contributed by atoms with van der Waals surface area (Å²) in [6.45, 7) is 6.35. The monoisotopic (exact) mass is 814 g/mol. The van der Waals surface area contributed by atoms with Crippen molar-refractivity contribution < 1.29 is 24.5 Å². The van der Waals surface area contributed by atoms with E-state index in [2.05, 4.69) is 74.7 Å². The van der Waals surface area contributed by atoms with Crippen molar-refractivity contribution in [1.82, 2.24) is 5.32 Å². The number of unbranched alkanes of at least 4 members (excludes halogenated alkanes) is 24. The van der Waals surface area contributed by atoms with Crippen molar-refractivity contribution in [2.75, 3.05) is 6.61 Å². The van der Waals surface area contributed by atoms with E-state index in [-0.39, 0.29) is 24.9 Å². The zero-order valence-electron chi connectivity index (χ0n) is 38.4. The second kappa shape index (κ2) is 45.9. The van der Waals surface area contributed by atoms with E-state index in [4.69, 9.17) is 4.74 Å².